The summed E-state index contributed by atoms with van der Waals surface area (Å²) in [6, 6.07) is 21.5. The number of hydrogen-bond donors (Lipinski definition) is 0. The molecular formula is C36H52O3Si. The van der Waals surface area contributed by atoms with Crippen molar-refractivity contribution < 1.29 is 14.0 Å². The maximum atomic E-state index is 12.0. The van der Waals surface area contributed by atoms with Crippen molar-refractivity contribution in [1.29, 1.82) is 0 Å². The molecule has 2 aromatic carbocycles. The van der Waals surface area contributed by atoms with Crippen LogP contribution in [0.25, 0.3) is 0 Å². The van der Waals surface area contributed by atoms with E-state index in [1.165, 1.54) is 15.9 Å². The van der Waals surface area contributed by atoms with E-state index < -0.39 is 8.32 Å². The van der Waals surface area contributed by atoms with E-state index in [1.807, 2.05) is 20.8 Å². The van der Waals surface area contributed by atoms with Crippen LogP contribution in [0.1, 0.15) is 93.9 Å². The van der Waals surface area contributed by atoms with Gasteiger partial charge in [-0.3, -0.25) is 9.59 Å². The zero-order valence-electron chi connectivity index (χ0n) is 26.2. The van der Waals surface area contributed by atoms with Crippen molar-refractivity contribution in [2.24, 2.45) is 11.8 Å². The lowest BCUT2D eigenvalue weighted by Crippen LogP contribution is -2.67. The largest absolute Gasteiger partial charge is 0.404 e. The zero-order valence-corrected chi connectivity index (χ0v) is 27.2. The van der Waals surface area contributed by atoms with Crippen molar-refractivity contribution in [2.75, 3.05) is 0 Å². The maximum Gasteiger partial charge on any atom is 0.261 e. The highest BCUT2D eigenvalue weighted by Gasteiger charge is 2.51. The van der Waals surface area contributed by atoms with Crippen molar-refractivity contribution >= 4 is 30.8 Å². The van der Waals surface area contributed by atoms with E-state index in [1.54, 1.807) is 6.08 Å². The number of allylic oxidation sites excluding steroid dienone is 3. The summed E-state index contributed by atoms with van der Waals surface area (Å²) in [5, 5.41) is 2.45. The first-order valence-electron chi connectivity index (χ1n) is 15.0. The molecule has 4 heteroatoms. The quantitative estimate of drug-likeness (QED) is 0.0899. The first kappa shape index (κ1) is 33.6. The Morgan fingerprint density at radius 3 is 1.90 bits per heavy atom. The van der Waals surface area contributed by atoms with Gasteiger partial charge in [0.05, 0.1) is 0 Å². The zero-order chi connectivity index (χ0) is 29.8. The lowest BCUT2D eigenvalue weighted by atomic mass is 9.94. The van der Waals surface area contributed by atoms with E-state index in [9.17, 15) is 9.59 Å². The van der Waals surface area contributed by atoms with Gasteiger partial charge in [-0.2, -0.15) is 0 Å². The molecular weight excluding hydrogens is 508 g/mol. The van der Waals surface area contributed by atoms with Crippen LogP contribution in [-0.2, 0) is 14.0 Å². The fourth-order valence-electron chi connectivity index (χ4n) is 5.55. The Labute approximate surface area is 245 Å². The number of benzene rings is 2. The van der Waals surface area contributed by atoms with Crippen LogP contribution in [-0.4, -0.2) is 26.5 Å². The number of ketones is 1. The van der Waals surface area contributed by atoms with E-state index in [0.717, 1.165) is 44.0 Å². The van der Waals surface area contributed by atoms with E-state index in [2.05, 4.69) is 101 Å². The van der Waals surface area contributed by atoms with Gasteiger partial charge < -0.3 is 4.43 Å². The molecule has 218 valence electrons. The van der Waals surface area contributed by atoms with Crippen LogP contribution < -0.4 is 10.4 Å². The van der Waals surface area contributed by atoms with Crippen LogP contribution in [0.5, 0.6) is 0 Å². The molecule has 40 heavy (non-hydrogen) atoms. The van der Waals surface area contributed by atoms with Crippen LogP contribution >= 0.6 is 0 Å². The van der Waals surface area contributed by atoms with E-state index >= 15 is 0 Å². The third kappa shape index (κ3) is 9.81. The summed E-state index contributed by atoms with van der Waals surface area (Å²) < 4.78 is 7.51. The van der Waals surface area contributed by atoms with E-state index in [0.29, 0.717) is 18.1 Å². The van der Waals surface area contributed by atoms with Crippen LogP contribution in [0.3, 0.4) is 0 Å². The van der Waals surface area contributed by atoms with Gasteiger partial charge in [0, 0.05) is 18.4 Å². The van der Waals surface area contributed by atoms with E-state index in [-0.39, 0.29) is 17.1 Å². The summed E-state index contributed by atoms with van der Waals surface area (Å²) in [6.45, 7) is 17.4. The van der Waals surface area contributed by atoms with Crippen molar-refractivity contribution in [3.8, 4) is 0 Å². The minimum Gasteiger partial charge on any atom is -0.404 e. The number of Topliss-reactive ketones (excluding diaryl/α,β-unsaturated/α-hetero) is 1. The number of rotatable bonds is 16. The minimum atomic E-state index is -2.71. The fourth-order valence-corrected chi connectivity index (χ4v) is 10.2. The molecule has 0 saturated carbocycles. The lowest BCUT2D eigenvalue weighted by molar-refractivity contribution is -0.121. The third-order valence-electron chi connectivity index (χ3n) is 7.89. The molecule has 0 fully saturated rings. The molecule has 0 radical (unpaired) electrons. The minimum absolute atomic E-state index is 0.00811. The Kier molecular flexibility index (Phi) is 13.5. The van der Waals surface area contributed by atoms with Gasteiger partial charge in [-0.05, 0) is 73.4 Å². The SMILES string of the molecule is C/C(=C/C=O)CC(C[C@@H](C)CC/C=C(\C)CCC(=O)C(C)C)O[Si](c1ccccc1)(c1ccccc1)C(C)(C)C. The van der Waals surface area contributed by atoms with Crippen LogP contribution in [0.4, 0.5) is 0 Å². The molecule has 2 aromatic rings. The molecule has 0 saturated heterocycles. The Hall–Kier alpha value is -2.56. The number of carbonyl (C=O) groups is 2. The summed E-state index contributed by atoms with van der Waals surface area (Å²) in [5.74, 6) is 0.897. The standard InChI is InChI=1S/C36H52O3Si/c1-28(2)35(38)23-22-29(3)16-15-17-30(4)26-32(27-31(5)24-25-37)39-40(36(6,7)8,33-18-11-9-12-19-33)34-20-13-10-14-21-34/h9-14,16,18-21,24-25,28,30,32H,15,17,22-23,26-27H2,1-8H3/b29-16+,31-24-/t30-,32?/m0/s1. The third-order valence-corrected chi connectivity index (χ3v) is 13.0. The van der Waals surface area contributed by atoms with Gasteiger partial charge in [0.2, 0.25) is 0 Å². The van der Waals surface area contributed by atoms with Gasteiger partial charge >= 0.3 is 0 Å². The van der Waals surface area contributed by atoms with Gasteiger partial charge in [-0.15, -0.1) is 0 Å². The van der Waals surface area contributed by atoms with Gasteiger partial charge in [0.1, 0.15) is 12.1 Å². The summed E-state index contributed by atoms with van der Waals surface area (Å²) >= 11 is 0. The molecule has 2 rings (SSSR count). The van der Waals surface area contributed by atoms with Crippen LogP contribution in [0.15, 0.2) is 84.0 Å². The summed E-state index contributed by atoms with van der Waals surface area (Å²) in [5.41, 5.74) is 2.35. The molecule has 0 bridgehead atoms. The van der Waals surface area contributed by atoms with Crippen molar-refractivity contribution in [2.45, 2.75) is 105 Å². The molecule has 0 amide bonds. The second kappa shape index (κ2) is 16.0. The highest BCUT2D eigenvalue weighted by molar-refractivity contribution is 6.99. The molecule has 0 N–H and O–H groups in total. The maximum absolute atomic E-state index is 12.0. The molecule has 0 aliphatic rings. The van der Waals surface area contributed by atoms with E-state index in [4.69, 9.17) is 4.43 Å². The monoisotopic (exact) mass is 560 g/mol. The number of carbonyl (C=O) groups excluding carboxylic acids is 2. The summed E-state index contributed by atoms with van der Waals surface area (Å²) in [6.07, 6.45) is 10.1. The normalized spacial score (nSPS) is 14.7. The van der Waals surface area contributed by atoms with Gasteiger partial charge in [0.25, 0.3) is 8.32 Å². The van der Waals surface area contributed by atoms with Crippen molar-refractivity contribution in [3.63, 3.8) is 0 Å². The lowest BCUT2D eigenvalue weighted by Gasteiger charge is -2.45. The van der Waals surface area contributed by atoms with Gasteiger partial charge in [-0.25, -0.2) is 0 Å². The predicted octanol–water partition coefficient (Wildman–Crippen LogP) is 8.22. The van der Waals surface area contributed by atoms with Gasteiger partial charge in [0.15, 0.2) is 0 Å². The topological polar surface area (TPSA) is 43.4 Å². The smallest absolute Gasteiger partial charge is 0.261 e. The summed E-state index contributed by atoms with van der Waals surface area (Å²) in [4.78, 5) is 23.3. The Balaban J connectivity index is 2.33. The first-order valence-corrected chi connectivity index (χ1v) is 16.9. The fraction of sp³-hybridized carbons (Fsp3) is 0.500. The van der Waals surface area contributed by atoms with Crippen LogP contribution in [0.2, 0.25) is 5.04 Å². The van der Waals surface area contributed by atoms with Gasteiger partial charge in [-0.1, -0.05) is 119 Å². The highest BCUT2D eigenvalue weighted by Crippen LogP contribution is 2.39. The average Bonchev–Trinajstić information content (AvgIpc) is 2.90. The first-order chi connectivity index (χ1) is 18.9. The molecule has 0 spiro atoms. The molecule has 0 aliphatic heterocycles. The Morgan fingerprint density at radius 2 is 1.43 bits per heavy atom. The molecule has 2 atom stereocenters. The second-order valence-corrected chi connectivity index (χ2v) is 17.1. The molecule has 1 unspecified atom stereocenters. The van der Waals surface area contributed by atoms with Crippen molar-refractivity contribution in [3.05, 3.63) is 84.0 Å². The Bertz CT molecular complexity index is 1070. The number of aldehydes is 1. The molecule has 3 nitrogen and oxygen atoms in total. The van der Waals surface area contributed by atoms with Crippen LogP contribution in [0, 0.1) is 11.8 Å². The second-order valence-electron chi connectivity index (χ2n) is 12.8. The molecule has 0 aromatic heterocycles. The molecule has 0 aliphatic carbocycles. The average molecular weight is 561 g/mol. The van der Waals surface area contributed by atoms with Crippen molar-refractivity contribution in [1.82, 2.24) is 0 Å². The molecule has 0 heterocycles. The number of hydrogen-bond acceptors (Lipinski definition) is 3. The predicted molar refractivity (Wildman–Crippen MR) is 173 cm³/mol. The highest BCUT2D eigenvalue weighted by atomic mass is 28.4. The Morgan fingerprint density at radius 1 is 0.875 bits per heavy atom. The summed E-state index contributed by atoms with van der Waals surface area (Å²) in [7, 11) is -2.71.